The Morgan fingerprint density at radius 1 is 0.900 bits per heavy atom. The van der Waals surface area contributed by atoms with E-state index in [-0.39, 0.29) is 0 Å². The standard InChI is InChI=1S/C19H25ClO.C9H18.C8H9NO/c1-12-6-7-14(18(20)8-12)4-3-5-19(21)17-10-15-9-16(11-17)13(15)2;1-7-4-8(2)6-9(3)5-7;1-7-2-3-8(4-5-10)6-9-7/h6-8,13,15-17H,3-5,9-11H2,1-2H3;7-9H,4-6H2,1-3H3;2-3,5-6H,4H2,1H3. The van der Waals surface area contributed by atoms with E-state index in [0.29, 0.717) is 18.1 Å². The molecule has 4 fully saturated rings. The second-order valence-corrected chi connectivity index (χ2v) is 13.8. The zero-order valence-corrected chi connectivity index (χ0v) is 26.6. The first kappa shape index (κ1) is 32.5. The van der Waals surface area contributed by atoms with Gasteiger partial charge in [-0.05, 0) is 130 Å². The Bertz CT molecular complexity index is 1040. The van der Waals surface area contributed by atoms with Gasteiger partial charge in [0.15, 0.2) is 0 Å². The fourth-order valence-electron chi connectivity index (χ4n) is 7.30. The quantitative estimate of drug-likeness (QED) is 0.314. The number of halogens is 1. The van der Waals surface area contributed by atoms with Crippen molar-refractivity contribution in [3.05, 3.63) is 63.9 Å². The number of aldehydes is 1. The van der Waals surface area contributed by atoms with Crippen molar-refractivity contribution in [2.45, 2.75) is 106 Å². The number of hydrogen-bond donors (Lipinski definition) is 0. The van der Waals surface area contributed by atoms with Gasteiger partial charge in [-0.2, -0.15) is 0 Å². The third kappa shape index (κ3) is 10.1. The second kappa shape index (κ2) is 15.9. The summed E-state index contributed by atoms with van der Waals surface area (Å²) in [5.74, 6) is 6.38. The fraction of sp³-hybridized carbons (Fsp3) is 0.639. The molecule has 220 valence electrons. The molecular weight excluding hydrogens is 514 g/mol. The van der Waals surface area contributed by atoms with Crippen molar-refractivity contribution in [1.82, 2.24) is 4.98 Å². The van der Waals surface area contributed by atoms with E-state index in [1.165, 1.54) is 36.8 Å². The molecule has 40 heavy (non-hydrogen) atoms. The minimum absolute atomic E-state index is 0.360. The van der Waals surface area contributed by atoms with Crippen LogP contribution >= 0.6 is 11.6 Å². The molecule has 1 aromatic carbocycles. The van der Waals surface area contributed by atoms with E-state index in [1.807, 2.05) is 25.1 Å². The Morgan fingerprint density at radius 3 is 2.02 bits per heavy atom. The van der Waals surface area contributed by atoms with Crippen LogP contribution < -0.4 is 0 Å². The first-order valence-corrected chi connectivity index (χ1v) is 16.1. The SMILES string of the molecule is CC1CC(C)CC(C)C1.Cc1ccc(CC=O)cn1.Cc1ccc(CCCC(=O)C2CC3CC(C2)C3C)c(Cl)c1. The van der Waals surface area contributed by atoms with Gasteiger partial charge in [0.05, 0.1) is 0 Å². The topological polar surface area (TPSA) is 47.0 Å². The van der Waals surface area contributed by atoms with Gasteiger partial charge >= 0.3 is 0 Å². The number of aromatic nitrogens is 1. The summed E-state index contributed by atoms with van der Waals surface area (Å²) in [6, 6.07) is 10.0. The molecule has 1 aromatic heterocycles. The Morgan fingerprint density at radius 2 is 1.52 bits per heavy atom. The van der Waals surface area contributed by atoms with Crippen molar-refractivity contribution in [3.63, 3.8) is 0 Å². The van der Waals surface area contributed by atoms with E-state index in [9.17, 15) is 9.59 Å². The number of rotatable bonds is 7. The van der Waals surface area contributed by atoms with Crippen LogP contribution in [0.1, 0.15) is 101 Å². The van der Waals surface area contributed by atoms with Gasteiger partial charge in [-0.1, -0.05) is 57.5 Å². The van der Waals surface area contributed by atoms with Gasteiger partial charge in [-0.15, -0.1) is 0 Å². The normalized spacial score (nSPS) is 28.6. The number of nitrogens with zero attached hydrogens (tertiary/aromatic N) is 1. The maximum atomic E-state index is 12.4. The van der Waals surface area contributed by atoms with Crippen LogP contribution in [-0.2, 0) is 22.4 Å². The van der Waals surface area contributed by atoms with Crippen LogP contribution in [-0.4, -0.2) is 17.1 Å². The summed E-state index contributed by atoms with van der Waals surface area (Å²) < 4.78 is 0. The Hall–Kier alpha value is -2.00. The zero-order valence-electron chi connectivity index (χ0n) is 25.8. The molecule has 4 aliphatic carbocycles. The summed E-state index contributed by atoms with van der Waals surface area (Å²) >= 11 is 6.25. The lowest BCUT2D eigenvalue weighted by molar-refractivity contribution is -0.129. The molecule has 4 aliphatic rings. The van der Waals surface area contributed by atoms with Gasteiger partial charge < -0.3 is 4.79 Å². The van der Waals surface area contributed by atoms with Crippen LogP contribution in [0.15, 0.2) is 36.5 Å². The van der Waals surface area contributed by atoms with Crippen molar-refractivity contribution >= 4 is 23.7 Å². The molecule has 3 nitrogen and oxygen atoms in total. The summed E-state index contributed by atoms with van der Waals surface area (Å²) in [5, 5.41) is 0.843. The van der Waals surface area contributed by atoms with Crippen LogP contribution in [0.5, 0.6) is 0 Å². The number of carbonyl (C=O) groups is 2. The van der Waals surface area contributed by atoms with E-state index in [2.05, 4.69) is 51.7 Å². The Kier molecular flexibility index (Phi) is 12.9. The van der Waals surface area contributed by atoms with E-state index < -0.39 is 0 Å². The van der Waals surface area contributed by atoms with Crippen LogP contribution in [0, 0.1) is 55.3 Å². The van der Waals surface area contributed by atoms with Gasteiger partial charge in [-0.3, -0.25) is 9.78 Å². The van der Waals surface area contributed by atoms with Gasteiger partial charge in [0.2, 0.25) is 0 Å². The maximum absolute atomic E-state index is 12.4. The molecule has 0 amide bonds. The second-order valence-electron chi connectivity index (χ2n) is 13.4. The highest BCUT2D eigenvalue weighted by molar-refractivity contribution is 6.31. The van der Waals surface area contributed by atoms with Gasteiger partial charge in [0, 0.05) is 35.7 Å². The fourth-order valence-corrected chi connectivity index (χ4v) is 7.63. The smallest absolute Gasteiger partial charge is 0.136 e. The van der Waals surface area contributed by atoms with E-state index in [0.717, 1.165) is 90.2 Å². The van der Waals surface area contributed by atoms with E-state index in [4.69, 9.17) is 11.6 Å². The number of pyridine rings is 1. The van der Waals surface area contributed by atoms with Crippen LogP contribution in [0.2, 0.25) is 5.02 Å². The molecule has 0 N–H and O–H groups in total. The van der Waals surface area contributed by atoms with Gasteiger partial charge in [0.25, 0.3) is 0 Å². The molecule has 0 radical (unpaired) electrons. The van der Waals surface area contributed by atoms with Gasteiger partial charge in [0.1, 0.15) is 12.1 Å². The molecule has 1 heterocycles. The lowest BCUT2D eigenvalue weighted by Crippen LogP contribution is -2.44. The molecule has 2 aromatic rings. The maximum Gasteiger partial charge on any atom is 0.136 e. The summed E-state index contributed by atoms with van der Waals surface area (Å²) in [6.45, 7) is 13.5. The Balaban J connectivity index is 0.000000193. The molecule has 4 heteroatoms. The summed E-state index contributed by atoms with van der Waals surface area (Å²) in [4.78, 5) is 26.4. The number of ketones is 1. The van der Waals surface area contributed by atoms with Crippen molar-refractivity contribution in [2.24, 2.45) is 41.4 Å². The largest absolute Gasteiger partial charge is 0.303 e. The number of Topliss-reactive ketones (excluding diaryl/α,β-unsaturated/α-hetero) is 1. The average Bonchev–Trinajstić information content (AvgIpc) is 2.91. The summed E-state index contributed by atoms with van der Waals surface area (Å²) in [6.07, 6.45) is 13.7. The molecule has 2 atom stereocenters. The lowest BCUT2D eigenvalue weighted by Gasteiger charge is -2.50. The Labute approximate surface area is 248 Å². The average molecular weight is 566 g/mol. The number of hydrogen-bond acceptors (Lipinski definition) is 3. The molecule has 2 bridgehead atoms. The number of aryl methyl sites for hydroxylation is 3. The molecule has 2 unspecified atom stereocenters. The predicted octanol–water partition coefficient (Wildman–Crippen LogP) is 9.43. The first-order valence-electron chi connectivity index (χ1n) is 15.7. The lowest BCUT2D eigenvalue weighted by atomic mass is 9.54. The molecule has 0 aliphatic heterocycles. The molecule has 0 saturated heterocycles. The van der Waals surface area contributed by atoms with E-state index in [1.54, 1.807) is 6.20 Å². The van der Waals surface area contributed by atoms with E-state index >= 15 is 0 Å². The third-order valence-corrected chi connectivity index (χ3v) is 9.86. The highest BCUT2D eigenvalue weighted by Gasteiger charge is 2.45. The van der Waals surface area contributed by atoms with Crippen molar-refractivity contribution in [2.75, 3.05) is 0 Å². The highest BCUT2D eigenvalue weighted by Crippen LogP contribution is 2.52. The van der Waals surface area contributed by atoms with Crippen molar-refractivity contribution in [1.29, 1.82) is 0 Å². The molecule has 0 spiro atoms. The summed E-state index contributed by atoms with van der Waals surface area (Å²) in [5.41, 5.74) is 4.32. The number of fused-ring (bicyclic) bond motifs is 2. The van der Waals surface area contributed by atoms with Gasteiger partial charge in [-0.25, -0.2) is 0 Å². The number of benzene rings is 1. The molecular formula is C36H52ClNO2. The summed E-state index contributed by atoms with van der Waals surface area (Å²) in [7, 11) is 0. The zero-order chi connectivity index (χ0) is 29.2. The van der Waals surface area contributed by atoms with Crippen molar-refractivity contribution < 1.29 is 9.59 Å². The monoisotopic (exact) mass is 565 g/mol. The first-order chi connectivity index (χ1) is 19.0. The molecule has 6 rings (SSSR count). The van der Waals surface area contributed by atoms with Crippen LogP contribution in [0.25, 0.3) is 0 Å². The highest BCUT2D eigenvalue weighted by atomic mass is 35.5. The van der Waals surface area contributed by atoms with Crippen LogP contribution in [0.4, 0.5) is 0 Å². The third-order valence-electron chi connectivity index (χ3n) is 9.51. The minimum Gasteiger partial charge on any atom is -0.303 e. The predicted molar refractivity (Wildman–Crippen MR) is 168 cm³/mol. The number of carbonyl (C=O) groups excluding carboxylic acids is 2. The van der Waals surface area contributed by atoms with Crippen molar-refractivity contribution in [3.8, 4) is 0 Å². The van der Waals surface area contributed by atoms with Crippen LogP contribution in [0.3, 0.4) is 0 Å². The minimum atomic E-state index is 0.360. The molecule has 4 saturated carbocycles.